The Kier molecular flexibility index (Phi) is 5.89. The van der Waals surface area contributed by atoms with E-state index in [0.29, 0.717) is 0 Å². The van der Waals surface area contributed by atoms with E-state index in [1.807, 2.05) is 35.9 Å². The SMILES string of the molecule is C(=NNc1nc(-c2ccccc2)cs1)c1ccccc1CN1CCOCC1. The molecule has 0 aliphatic carbocycles. The van der Waals surface area contributed by atoms with Gasteiger partial charge in [-0.3, -0.25) is 10.3 Å². The standard InChI is InChI=1S/C21H22N4OS/c1-2-6-17(7-3-1)20-16-27-21(23-20)24-22-14-18-8-4-5-9-19(18)15-25-10-12-26-13-11-25/h1-9,14,16H,10-13,15H2,(H,23,24). The molecule has 5 nitrogen and oxygen atoms in total. The van der Waals surface area contributed by atoms with Crippen LogP contribution in [0.25, 0.3) is 11.3 Å². The summed E-state index contributed by atoms with van der Waals surface area (Å²) in [5, 5.41) is 7.23. The number of nitrogens with one attached hydrogen (secondary N) is 1. The van der Waals surface area contributed by atoms with Gasteiger partial charge < -0.3 is 4.74 Å². The Hall–Kier alpha value is -2.54. The molecule has 0 spiro atoms. The fourth-order valence-electron chi connectivity index (χ4n) is 3.03. The van der Waals surface area contributed by atoms with Crippen LogP contribution < -0.4 is 5.43 Å². The van der Waals surface area contributed by atoms with E-state index in [9.17, 15) is 0 Å². The molecule has 0 radical (unpaired) electrons. The Morgan fingerprint density at radius 2 is 1.85 bits per heavy atom. The topological polar surface area (TPSA) is 49.8 Å². The van der Waals surface area contributed by atoms with E-state index in [0.717, 1.165) is 54.8 Å². The molecule has 4 rings (SSSR count). The molecule has 0 atom stereocenters. The Bertz CT molecular complexity index is 888. The first-order valence-electron chi connectivity index (χ1n) is 9.06. The maximum Gasteiger partial charge on any atom is 0.203 e. The van der Waals surface area contributed by atoms with E-state index in [1.54, 1.807) is 11.3 Å². The number of thiazole rings is 1. The quantitative estimate of drug-likeness (QED) is 0.518. The fourth-order valence-corrected chi connectivity index (χ4v) is 3.70. The first kappa shape index (κ1) is 17.9. The average Bonchev–Trinajstić information content (AvgIpc) is 3.20. The molecule has 0 bridgehead atoms. The Labute approximate surface area is 163 Å². The van der Waals surface area contributed by atoms with Crippen molar-refractivity contribution < 1.29 is 4.74 Å². The van der Waals surface area contributed by atoms with Gasteiger partial charge in [0, 0.05) is 30.6 Å². The molecule has 1 fully saturated rings. The van der Waals surface area contributed by atoms with Crippen LogP contribution in [0.4, 0.5) is 5.13 Å². The second-order valence-electron chi connectivity index (χ2n) is 6.36. The maximum atomic E-state index is 5.43. The van der Waals surface area contributed by atoms with Crippen LogP contribution in [0, 0.1) is 0 Å². The zero-order valence-corrected chi connectivity index (χ0v) is 15.9. The van der Waals surface area contributed by atoms with Crippen molar-refractivity contribution in [3.63, 3.8) is 0 Å². The third-order valence-electron chi connectivity index (χ3n) is 4.49. The summed E-state index contributed by atoms with van der Waals surface area (Å²) < 4.78 is 5.43. The van der Waals surface area contributed by atoms with Crippen molar-refractivity contribution in [1.29, 1.82) is 0 Å². The van der Waals surface area contributed by atoms with Crippen LogP contribution in [-0.4, -0.2) is 42.4 Å². The minimum atomic E-state index is 0.788. The molecule has 0 unspecified atom stereocenters. The summed E-state index contributed by atoms with van der Waals surface area (Å²) in [5.74, 6) is 0. The molecular weight excluding hydrogens is 356 g/mol. The maximum absolute atomic E-state index is 5.43. The van der Waals surface area contributed by atoms with Crippen molar-refractivity contribution in [2.24, 2.45) is 5.10 Å². The van der Waals surface area contributed by atoms with Gasteiger partial charge in [0.25, 0.3) is 0 Å². The predicted octanol–water partition coefficient (Wildman–Crippen LogP) is 4.09. The van der Waals surface area contributed by atoms with Gasteiger partial charge in [-0.2, -0.15) is 5.10 Å². The summed E-state index contributed by atoms with van der Waals surface area (Å²) in [6.07, 6.45) is 1.87. The molecule has 1 aromatic heterocycles. The highest BCUT2D eigenvalue weighted by atomic mass is 32.1. The molecule has 27 heavy (non-hydrogen) atoms. The lowest BCUT2D eigenvalue weighted by Crippen LogP contribution is -2.35. The third kappa shape index (κ3) is 4.80. The molecule has 2 aromatic carbocycles. The van der Waals surface area contributed by atoms with E-state index < -0.39 is 0 Å². The zero-order valence-electron chi connectivity index (χ0n) is 15.0. The van der Waals surface area contributed by atoms with Crippen LogP contribution >= 0.6 is 11.3 Å². The molecular formula is C21H22N4OS. The van der Waals surface area contributed by atoms with E-state index >= 15 is 0 Å². The van der Waals surface area contributed by atoms with Gasteiger partial charge >= 0.3 is 0 Å². The molecule has 1 aliphatic heterocycles. The van der Waals surface area contributed by atoms with Crippen molar-refractivity contribution in [3.05, 3.63) is 71.1 Å². The summed E-state index contributed by atoms with van der Waals surface area (Å²) in [5.41, 5.74) is 7.53. The van der Waals surface area contributed by atoms with Crippen molar-refractivity contribution in [2.45, 2.75) is 6.54 Å². The predicted molar refractivity (Wildman–Crippen MR) is 111 cm³/mol. The Morgan fingerprint density at radius 1 is 1.07 bits per heavy atom. The molecule has 0 saturated carbocycles. The highest BCUT2D eigenvalue weighted by Gasteiger charge is 2.12. The number of anilines is 1. The van der Waals surface area contributed by atoms with Crippen LogP contribution in [0.3, 0.4) is 0 Å². The van der Waals surface area contributed by atoms with Crippen LogP contribution in [0.5, 0.6) is 0 Å². The van der Waals surface area contributed by atoms with Crippen molar-refractivity contribution in [1.82, 2.24) is 9.88 Å². The highest BCUT2D eigenvalue weighted by Crippen LogP contribution is 2.24. The van der Waals surface area contributed by atoms with Gasteiger partial charge in [0.2, 0.25) is 5.13 Å². The van der Waals surface area contributed by atoms with Crippen LogP contribution in [0.15, 0.2) is 65.1 Å². The number of nitrogens with zero attached hydrogens (tertiary/aromatic N) is 3. The summed E-state index contributed by atoms with van der Waals surface area (Å²) in [7, 11) is 0. The highest BCUT2D eigenvalue weighted by molar-refractivity contribution is 7.14. The summed E-state index contributed by atoms with van der Waals surface area (Å²) in [6, 6.07) is 18.5. The largest absolute Gasteiger partial charge is 0.379 e. The number of ether oxygens (including phenoxy) is 1. The Balaban J connectivity index is 1.41. The number of rotatable bonds is 6. The molecule has 1 saturated heterocycles. The van der Waals surface area contributed by atoms with Gasteiger partial charge in [-0.15, -0.1) is 11.3 Å². The van der Waals surface area contributed by atoms with Crippen LogP contribution in [0.2, 0.25) is 0 Å². The molecule has 3 aromatic rings. The number of hydrogen-bond acceptors (Lipinski definition) is 6. The van der Waals surface area contributed by atoms with E-state index in [-0.39, 0.29) is 0 Å². The fraction of sp³-hybridized carbons (Fsp3) is 0.238. The van der Waals surface area contributed by atoms with Crippen molar-refractivity contribution in [2.75, 3.05) is 31.7 Å². The van der Waals surface area contributed by atoms with Gasteiger partial charge in [0.1, 0.15) is 0 Å². The summed E-state index contributed by atoms with van der Waals surface area (Å²) >= 11 is 1.55. The molecule has 2 heterocycles. The third-order valence-corrected chi connectivity index (χ3v) is 5.24. The second-order valence-corrected chi connectivity index (χ2v) is 7.22. The minimum Gasteiger partial charge on any atom is -0.379 e. The number of morpholine rings is 1. The van der Waals surface area contributed by atoms with E-state index in [1.165, 1.54) is 5.56 Å². The lowest BCUT2D eigenvalue weighted by Gasteiger charge is -2.27. The number of hydrazone groups is 1. The van der Waals surface area contributed by atoms with E-state index in [4.69, 9.17) is 4.74 Å². The van der Waals surface area contributed by atoms with Gasteiger partial charge in [-0.05, 0) is 11.1 Å². The van der Waals surface area contributed by atoms with Gasteiger partial charge in [-0.1, -0.05) is 54.6 Å². The zero-order chi connectivity index (χ0) is 18.3. The Morgan fingerprint density at radius 3 is 2.70 bits per heavy atom. The lowest BCUT2D eigenvalue weighted by molar-refractivity contribution is 0.0342. The normalized spacial score (nSPS) is 15.3. The number of hydrogen-bond donors (Lipinski definition) is 1. The van der Waals surface area contributed by atoms with Gasteiger partial charge in [0.05, 0.1) is 25.1 Å². The first-order chi connectivity index (χ1) is 13.4. The number of aromatic nitrogens is 1. The minimum absolute atomic E-state index is 0.788. The smallest absolute Gasteiger partial charge is 0.203 e. The lowest BCUT2D eigenvalue weighted by atomic mass is 10.1. The van der Waals surface area contributed by atoms with Gasteiger partial charge in [-0.25, -0.2) is 4.98 Å². The second kappa shape index (κ2) is 8.90. The average molecular weight is 379 g/mol. The summed E-state index contributed by atoms with van der Waals surface area (Å²) in [4.78, 5) is 7.01. The number of benzene rings is 2. The molecule has 0 amide bonds. The van der Waals surface area contributed by atoms with Crippen molar-refractivity contribution >= 4 is 22.7 Å². The van der Waals surface area contributed by atoms with E-state index in [2.05, 4.69) is 50.7 Å². The molecule has 1 aliphatic rings. The van der Waals surface area contributed by atoms with Crippen LogP contribution in [-0.2, 0) is 11.3 Å². The summed E-state index contributed by atoms with van der Waals surface area (Å²) in [6.45, 7) is 4.49. The van der Waals surface area contributed by atoms with Crippen LogP contribution in [0.1, 0.15) is 11.1 Å². The van der Waals surface area contributed by atoms with Crippen molar-refractivity contribution in [3.8, 4) is 11.3 Å². The monoisotopic (exact) mass is 378 g/mol. The first-order valence-corrected chi connectivity index (χ1v) is 9.94. The van der Waals surface area contributed by atoms with Gasteiger partial charge in [0.15, 0.2) is 0 Å². The molecule has 1 N–H and O–H groups in total. The molecule has 6 heteroatoms. The molecule has 138 valence electrons.